The minimum atomic E-state index is -0.936. The normalized spacial score (nSPS) is 11.3. The molecule has 0 N–H and O–H groups in total. The van der Waals surface area contributed by atoms with Gasteiger partial charge in [0.1, 0.15) is 0 Å². The molecule has 26 heavy (non-hydrogen) atoms. The molecule has 0 heterocycles. The highest BCUT2D eigenvalue weighted by Crippen LogP contribution is 2.34. The number of aryl methyl sites for hydroxylation is 1. The number of nitrogens with zero attached hydrogens (tertiary/aromatic N) is 1. The maximum Gasteiger partial charge on any atom is 0.0461 e. The number of hydrogen-bond acceptors (Lipinski definition) is 1. The first-order valence-corrected chi connectivity index (χ1v) is 13.2. The van der Waals surface area contributed by atoms with Crippen molar-refractivity contribution >= 4 is 25.1 Å². The minimum absolute atomic E-state index is 0.936. The van der Waals surface area contributed by atoms with Crippen LogP contribution in [0.3, 0.4) is 0 Å². The van der Waals surface area contributed by atoms with Crippen LogP contribution in [0.25, 0.3) is 0 Å². The van der Waals surface area contributed by atoms with Gasteiger partial charge in [-0.1, -0.05) is 80.6 Å². The van der Waals surface area contributed by atoms with Gasteiger partial charge in [-0.05, 0) is 48.4 Å². The molecule has 0 aliphatic heterocycles. The van der Waals surface area contributed by atoms with Gasteiger partial charge in [0, 0.05) is 25.1 Å². The second-order valence-corrected chi connectivity index (χ2v) is 13.7. The van der Waals surface area contributed by atoms with E-state index in [1.165, 1.54) is 41.5 Å². The van der Waals surface area contributed by atoms with Gasteiger partial charge >= 0.3 is 0 Å². The Balaban J connectivity index is 1.82. The van der Waals surface area contributed by atoms with E-state index in [-0.39, 0.29) is 0 Å². The summed E-state index contributed by atoms with van der Waals surface area (Å²) in [6.45, 7) is 7.36. The summed E-state index contributed by atoms with van der Waals surface area (Å²) >= 11 is 0. The lowest BCUT2D eigenvalue weighted by Gasteiger charge is -2.25. The Morgan fingerprint density at radius 2 is 1.08 bits per heavy atom. The standard InChI is InChI=1S/C24H29NSi/c1-26(2,3)20-10-11-21-16-18-24(19-17-21)25(22-12-6-4-7-13-22)23-14-8-5-9-15-23/h4-9,12-19H,10-11,20H2,1-3H3. The van der Waals surface area contributed by atoms with Gasteiger partial charge in [-0.25, -0.2) is 0 Å². The Morgan fingerprint density at radius 1 is 0.615 bits per heavy atom. The molecule has 0 aromatic heterocycles. The molecule has 134 valence electrons. The summed E-state index contributed by atoms with van der Waals surface area (Å²) in [6, 6.07) is 31.6. The first-order chi connectivity index (χ1) is 12.5. The summed E-state index contributed by atoms with van der Waals surface area (Å²) in [5.74, 6) is 0. The molecule has 2 heteroatoms. The quantitative estimate of drug-likeness (QED) is 0.396. The predicted molar refractivity (Wildman–Crippen MR) is 118 cm³/mol. The van der Waals surface area contributed by atoms with Crippen LogP contribution in [-0.2, 0) is 6.42 Å². The van der Waals surface area contributed by atoms with Crippen LogP contribution in [0.5, 0.6) is 0 Å². The van der Waals surface area contributed by atoms with E-state index in [9.17, 15) is 0 Å². The zero-order chi connectivity index (χ0) is 18.4. The molecule has 0 aliphatic carbocycles. The third-order valence-corrected chi connectivity index (χ3v) is 6.47. The Labute approximate surface area is 159 Å². The summed E-state index contributed by atoms with van der Waals surface area (Å²) in [5.41, 5.74) is 5.01. The molecule has 0 unspecified atom stereocenters. The van der Waals surface area contributed by atoms with Gasteiger partial charge in [0.05, 0.1) is 0 Å². The zero-order valence-electron chi connectivity index (χ0n) is 16.2. The van der Waals surface area contributed by atoms with Crippen LogP contribution in [-0.4, -0.2) is 8.07 Å². The van der Waals surface area contributed by atoms with Crippen molar-refractivity contribution in [3.63, 3.8) is 0 Å². The van der Waals surface area contributed by atoms with Gasteiger partial charge in [-0.2, -0.15) is 0 Å². The SMILES string of the molecule is C[Si](C)(C)CCCc1ccc(N(c2ccccc2)c2ccccc2)cc1. The second-order valence-electron chi connectivity index (χ2n) is 8.09. The molecule has 0 radical (unpaired) electrons. The van der Waals surface area contributed by atoms with Crippen molar-refractivity contribution in [3.05, 3.63) is 90.5 Å². The molecular formula is C24H29NSi. The molecule has 1 nitrogen and oxygen atoms in total. The van der Waals surface area contributed by atoms with Crippen molar-refractivity contribution in [2.24, 2.45) is 0 Å². The van der Waals surface area contributed by atoms with Crippen LogP contribution < -0.4 is 4.90 Å². The highest BCUT2D eigenvalue weighted by Gasteiger charge is 2.13. The fourth-order valence-electron chi connectivity index (χ4n) is 3.24. The Kier molecular flexibility index (Phi) is 5.95. The summed E-state index contributed by atoms with van der Waals surface area (Å²) in [4.78, 5) is 2.31. The van der Waals surface area contributed by atoms with Gasteiger partial charge in [0.15, 0.2) is 0 Å². The van der Waals surface area contributed by atoms with E-state index in [1.54, 1.807) is 0 Å². The lowest BCUT2D eigenvalue weighted by Crippen LogP contribution is -2.18. The van der Waals surface area contributed by atoms with Crippen molar-refractivity contribution < 1.29 is 0 Å². The summed E-state index contributed by atoms with van der Waals surface area (Å²) in [7, 11) is -0.936. The first-order valence-electron chi connectivity index (χ1n) is 9.52. The van der Waals surface area contributed by atoms with Crippen molar-refractivity contribution in [3.8, 4) is 0 Å². The summed E-state index contributed by atoms with van der Waals surface area (Å²) in [5, 5.41) is 0. The van der Waals surface area contributed by atoms with Crippen LogP contribution >= 0.6 is 0 Å². The van der Waals surface area contributed by atoms with E-state index in [0.717, 1.165) is 0 Å². The lowest BCUT2D eigenvalue weighted by molar-refractivity contribution is 0.901. The Hall–Kier alpha value is -2.32. The van der Waals surface area contributed by atoms with Crippen LogP contribution in [0.2, 0.25) is 25.7 Å². The molecule has 0 aliphatic rings. The third-order valence-electron chi connectivity index (χ3n) is 4.62. The molecule has 0 amide bonds. The molecule has 3 rings (SSSR count). The minimum Gasteiger partial charge on any atom is -0.311 e. The van der Waals surface area contributed by atoms with Crippen molar-refractivity contribution in [1.82, 2.24) is 0 Å². The summed E-state index contributed by atoms with van der Waals surface area (Å²) < 4.78 is 0. The topological polar surface area (TPSA) is 3.24 Å². The fraction of sp³-hybridized carbons (Fsp3) is 0.250. The number of benzene rings is 3. The first kappa shape index (κ1) is 18.5. The highest BCUT2D eigenvalue weighted by molar-refractivity contribution is 6.76. The van der Waals surface area contributed by atoms with E-state index >= 15 is 0 Å². The average molecular weight is 360 g/mol. The van der Waals surface area contributed by atoms with Gasteiger partial charge in [-0.3, -0.25) is 0 Å². The van der Waals surface area contributed by atoms with Crippen molar-refractivity contribution in [1.29, 1.82) is 0 Å². The molecule has 0 saturated heterocycles. The molecular weight excluding hydrogens is 330 g/mol. The fourth-order valence-corrected chi connectivity index (χ4v) is 4.47. The molecule has 0 fully saturated rings. The Bertz CT molecular complexity index is 750. The highest BCUT2D eigenvalue weighted by atomic mass is 28.3. The van der Waals surface area contributed by atoms with Crippen LogP contribution in [0.4, 0.5) is 17.1 Å². The largest absolute Gasteiger partial charge is 0.311 e. The maximum atomic E-state index is 2.45. The molecule has 3 aromatic rings. The van der Waals surface area contributed by atoms with Gasteiger partial charge in [0.2, 0.25) is 0 Å². The molecule has 0 spiro atoms. The van der Waals surface area contributed by atoms with E-state index in [4.69, 9.17) is 0 Å². The monoisotopic (exact) mass is 359 g/mol. The van der Waals surface area contributed by atoms with E-state index < -0.39 is 8.07 Å². The van der Waals surface area contributed by atoms with Crippen LogP contribution in [0.1, 0.15) is 12.0 Å². The number of anilines is 3. The average Bonchev–Trinajstić information content (AvgIpc) is 2.64. The molecule has 3 aromatic carbocycles. The van der Waals surface area contributed by atoms with E-state index in [2.05, 4.69) is 109 Å². The van der Waals surface area contributed by atoms with Gasteiger partial charge in [-0.15, -0.1) is 0 Å². The number of rotatable bonds is 7. The van der Waals surface area contributed by atoms with E-state index in [1.807, 2.05) is 0 Å². The lowest BCUT2D eigenvalue weighted by atomic mass is 10.1. The molecule has 0 saturated carbocycles. The number of para-hydroxylation sites is 2. The van der Waals surface area contributed by atoms with Crippen LogP contribution in [0, 0.1) is 0 Å². The predicted octanol–water partition coefficient (Wildman–Crippen LogP) is 7.43. The second kappa shape index (κ2) is 8.37. The number of hydrogen-bond donors (Lipinski definition) is 0. The maximum absolute atomic E-state index is 2.45. The van der Waals surface area contributed by atoms with Gasteiger partial charge < -0.3 is 4.90 Å². The Morgan fingerprint density at radius 3 is 1.54 bits per heavy atom. The van der Waals surface area contributed by atoms with E-state index in [0.29, 0.717) is 0 Å². The van der Waals surface area contributed by atoms with Crippen molar-refractivity contribution in [2.45, 2.75) is 38.5 Å². The zero-order valence-corrected chi connectivity index (χ0v) is 17.2. The molecule has 0 bridgehead atoms. The van der Waals surface area contributed by atoms with Crippen LogP contribution in [0.15, 0.2) is 84.9 Å². The molecule has 0 atom stereocenters. The summed E-state index contributed by atoms with van der Waals surface area (Å²) in [6.07, 6.45) is 2.48. The van der Waals surface area contributed by atoms with Gasteiger partial charge in [0.25, 0.3) is 0 Å². The van der Waals surface area contributed by atoms with Crippen molar-refractivity contribution in [2.75, 3.05) is 4.90 Å². The smallest absolute Gasteiger partial charge is 0.0461 e. The third kappa shape index (κ3) is 5.09.